The Morgan fingerprint density at radius 3 is 2.67 bits per heavy atom. The highest BCUT2D eigenvalue weighted by Crippen LogP contribution is 2.23. The second kappa shape index (κ2) is 7.05. The number of carbonyl (C=O) groups excluding carboxylic acids is 1. The summed E-state index contributed by atoms with van der Waals surface area (Å²) in [6.07, 6.45) is 1.23. The molecule has 12 heteroatoms. The van der Waals surface area contributed by atoms with E-state index in [4.69, 9.17) is 16.7 Å². The molecule has 0 bridgehead atoms. The van der Waals surface area contributed by atoms with E-state index in [1.54, 1.807) is 0 Å². The van der Waals surface area contributed by atoms with Crippen LogP contribution in [0.4, 0.5) is 5.00 Å². The number of thiophene rings is 1. The van der Waals surface area contributed by atoms with Gasteiger partial charge in [0.15, 0.2) is 0 Å². The maximum atomic E-state index is 11.9. The monoisotopic (exact) mass is 388 g/mol. The molecule has 2 rings (SSSR count). The lowest BCUT2D eigenvalue weighted by molar-refractivity contribution is -0.380. The molecule has 1 aromatic carbocycles. The molecule has 0 aliphatic rings. The van der Waals surface area contributed by atoms with Gasteiger partial charge < -0.3 is 0 Å². The van der Waals surface area contributed by atoms with Gasteiger partial charge in [0.05, 0.1) is 21.0 Å². The van der Waals surface area contributed by atoms with Crippen LogP contribution in [0.5, 0.6) is 0 Å². The van der Waals surface area contributed by atoms with Gasteiger partial charge in [0.2, 0.25) is 10.0 Å². The van der Waals surface area contributed by atoms with Crippen LogP contribution in [0.3, 0.4) is 0 Å². The minimum atomic E-state index is -4.07. The van der Waals surface area contributed by atoms with E-state index in [1.165, 1.54) is 30.5 Å². The van der Waals surface area contributed by atoms with Crippen LogP contribution in [-0.4, -0.2) is 25.5 Å². The van der Waals surface area contributed by atoms with E-state index in [-0.39, 0.29) is 20.5 Å². The maximum Gasteiger partial charge on any atom is 0.324 e. The minimum absolute atomic E-state index is 0.0160. The Hall–Kier alpha value is -2.34. The van der Waals surface area contributed by atoms with E-state index < -0.39 is 20.9 Å². The number of carbonyl (C=O) groups is 1. The van der Waals surface area contributed by atoms with Crippen molar-refractivity contribution < 1.29 is 18.1 Å². The molecule has 0 aliphatic heterocycles. The third-order valence-corrected chi connectivity index (χ3v) is 5.01. The van der Waals surface area contributed by atoms with Crippen molar-refractivity contribution in [1.29, 1.82) is 0 Å². The highest BCUT2D eigenvalue weighted by Gasteiger charge is 2.16. The molecule has 1 aromatic heterocycles. The second-order valence-corrected chi connectivity index (χ2v) is 7.35. The SMILES string of the molecule is NS(=O)(=O)c1cc(C(=O)N/N=C/c2ccc([N+](=O)[O-])s2)ccc1Cl. The average molecular weight is 389 g/mol. The number of nitrogens with zero attached hydrogens (tertiary/aromatic N) is 2. The lowest BCUT2D eigenvalue weighted by Gasteiger charge is -2.04. The van der Waals surface area contributed by atoms with E-state index >= 15 is 0 Å². The molecule has 1 heterocycles. The average Bonchev–Trinajstić information content (AvgIpc) is 2.95. The van der Waals surface area contributed by atoms with Crippen LogP contribution in [0.25, 0.3) is 0 Å². The van der Waals surface area contributed by atoms with Gasteiger partial charge in [-0.25, -0.2) is 19.0 Å². The van der Waals surface area contributed by atoms with Crippen molar-refractivity contribution in [3.8, 4) is 0 Å². The lowest BCUT2D eigenvalue weighted by Crippen LogP contribution is -2.19. The third kappa shape index (κ3) is 4.35. The summed E-state index contributed by atoms with van der Waals surface area (Å²) in [6.45, 7) is 0. The number of rotatable bonds is 5. The fourth-order valence-electron chi connectivity index (χ4n) is 1.59. The summed E-state index contributed by atoms with van der Waals surface area (Å²) in [4.78, 5) is 22.0. The molecule has 0 saturated heterocycles. The number of nitrogens with two attached hydrogens (primary N) is 1. The van der Waals surface area contributed by atoms with Crippen LogP contribution in [0.15, 0.2) is 40.3 Å². The van der Waals surface area contributed by atoms with E-state index in [2.05, 4.69) is 10.5 Å². The molecule has 1 amide bonds. The first-order valence-corrected chi connectivity index (χ1v) is 8.82. The van der Waals surface area contributed by atoms with Crippen molar-refractivity contribution >= 4 is 50.1 Å². The normalized spacial score (nSPS) is 11.6. The smallest absolute Gasteiger partial charge is 0.267 e. The first kappa shape index (κ1) is 18.0. The van der Waals surface area contributed by atoms with Crippen LogP contribution in [0.2, 0.25) is 5.02 Å². The van der Waals surface area contributed by atoms with Crippen molar-refractivity contribution in [2.24, 2.45) is 10.2 Å². The van der Waals surface area contributed by atoms with Gasteiger partial charge in [-0.05, 0) is 24.3 Å². The number of benzene rings is 1. The van der Waals surface area contributed by atoms with Crippen molar-refractivity contribution in [2.75, 3.05) is 0 Å². The van der Waals surface area contributed by atoms with Crippen LogP contribution < -0.4 is 10.6 Å². The number of hydrogen-bond acceptors (Lipinski definition) is 7. The molecule has 0 radical (unpaired) electrons. The van der Waals surface area contributed by atoms with Crippen molar-refractivity contribution in [3.05, 3.63) is 55.9 Å². The summed E-state index contributed by atoms with van der Waals surface area (Å²) in [5.41, 5.74) is 2.16. The molecular formula is C12H9ClN4O5S2. The Labute approximate surface area is 144 Å². The Balaban J connectivity index is 2.12. The van der Waals surface area contributed by atoms with Crippen LogP contribution >= 0.6 is 22.9 Å². The molecule has 0 atom stereocenters. The van der Waals surface area contributed by atoms with Gasteiger partial charge >= 0.3 is 5.00 Å². The molecule has 2 aromatic rings. The Morgan fingerprint density at radius 1 is 1.38 bits per heavy atom. The number of sulfonamides is 1. The van der Waals surface area contributed by atoms with Gasteiger partial charge in [-0.3, -0.25) is 14.9 Å². The maximum absolute atomic E-state index is 11.9. The van der Waals surface area contributed by atoms with Gasteiger partial charge in [-0.1, -0.05) is 22.9 Å². The summed E-state index contributed by atoms with van der Waals surface area (Å²) < 4.78 is 22.7. The van der Waals surface area contributed by atoms with Gasteiger partial charge in [0.1, 0.15) is 4.90 Å². The van der Waals surface area contributed by atoms with Crippen LogP contribution in [0.1, 0.15) is 15.2 Å². The zero-order chi connectivity index (χ0) is 17.9. The summed E-state index contributed by atoms with van der Waals surface area (Å²) in [5.74, 6) is -0.695. The zero-order valence-corrected chi connectivity index (χ0v) is 14.1. The number of nitro groups is 1. The molecule has 24 heavy (non-hydrogen) atoms. The molecular weight excluding hydrogens is 380 g/mol. The first-order chi connectivity index (χ1) is 11.2. The minimum Gasteiger partial charge on any atom is -0.267 e. The molecule has 0 saturated carbocycles. The summed E-state index contributed by atoms with van der Waals surface area (Å²) >= 11 is 6.61. The van der Waals surface area contributed by atoms with E-state index in [9.17, 15) is 23.3 Å². The number of nitrogens with one attached hydrogen (secondary N) is 1. The van der Waals surface area contributed by atoms with Gasteiger partial charge in [0, 0.05) is 11.6 Å². The van der Waals surface area contributed by atoms with Crippen molar-refractivity contribution in [2.45, 2.75) is 4.90 Å². The fraction of sp³-hybridized carbons (Fsp3) is 0. The predicted octanol–water partition coefficient (Wildman–Crippen LogP) is 1.72. The topological polar surface area (TPSA) is 145 Å². The number of primary sulfonamides is 1. The number of halogens is 1. The van der Waals surface area contributed by atoms with Crippen LogP contribution in [-0.2, 0) is 10.0 Å². The molecule has 0 fully saturated rings. The highest BCUT2D eigenvalue weighted by atomic mass is 35.5. The first-order valence-electron chi connectivity index (χ1n) is 6.08. The molecule has 0 spiro atoms. The molecule has 9 nitrogen and oxygen atoms in total. The lowest BCUT2D eigenvalue weighted by atomic mass is 10.2. The predicted molar refractivity (Wildman–Crippen MR) is 88.9 cm³/mol. The van der Waals surface area contributed by atoms with Crippen LogP contribution in [0, 0.1) is 10.1 Å². The fourth-order valence-corrected chi connectivity index (χ4v) is 3.36. The highest BCUT2D eigenvalue weighted by molar-refractivity contribution is 7.89. The number of hydrogen-bond donors (Lipinski definition) is 2. The molecule has 126 valence electrons. The van der Waals surface area contributed by atoms with Gasteiger partial charge in [-0.15, -0.1) is 0 Å². The Bertz CT molecular complexity index is 939. The van der Waals surface area contributed by atoms with E-state index in [1.807, 2.05) is 0 Å². The van der Waals surface area contributed by atoms with Gasteiger partial charge in [-0.2, -0.15) is 5.10 Å². The van der Waals surface area contributed by atoms with Crippen molar-refractivity contribution in [3.63, 3.8) is 0 Å². The van der Waals surface area contributed by atoms with E-state index in [0.29, 0.717) is 4.88 Å². The van der Waals surface area contributed by atoms with Crippen molar-refractivity contribution in [1.82, 2.24) is 5.43 Å². The standard InChI is InChI=1S/C12H9ClN4O5S2/c13-9-3-1-7(5-10(9)24(14,21)22)12(18)16-15-6-8-2-4-11(23-8)17(19)20/h1-6H,(H,16,18)(H2,14,21,22)/b15-6+. The van der Waals surface area contributed by atoms with E-state index in [0.717, 1.165) is 17.4 Å². The Kier molecular flexibility index (Phi) is 5.29. The Morgan fingerprint density at radius 2 is 2.08 bits per heavy atom. The summed E-state index contributed by atoms with van der Waals surface area (Å²) in [5, 5.41) is 19.0. The van der Waals surface area contributed by atoms with Gasteiger partial charge in [0.25, 0.3) is 5.91 Å². The largest absolute Gasteiger partial charge is 0.324 e. The molecule has 0 unspecified atom stereocenters. The molecule has 3 N–H and O–H groups in total. The number of amides is 1. The zero-order valence-electron chi connectivity index (χ0n) is 11.7. The number of hydrazone groups is 1. The summed E-state index contributed by atoms with van der Waals surface area (Å²) in [6, 6.07) is 6.34. The molecule has 0 aliphatic carbocycles. The second-order valence-electron chi connectivity index (χ2n) is 4.32. The summed E-state index contributed by atoms with van der Waals surface area (Å²) in [7, 11) is -4.07. The third-order valence-electron chi connectivity index (χ3n) is 2.65. The quantitative estimate of drug-likeness (QED) is 0.455.